The number of nitrogens with one attached hydrogen (secondary N) is 3. The molecule has 0 aliphatic carbocycles. The summed E-state index contributed by atoms with van der Waals surface area (Å²) >= 11 is 0. The highest BCUT2D eigenvalue weighted by Gasteiger charge is 2.19. The third-order valence-corrected chi connectivity index (χ3v) is 5.55. The van der Waals surface area contributed by atoms with Crippen LogP contribution in [0.15, 0.2) is 66.7 Å². The SMILES string of the molecule is Cc1ccc(CNC(=O)c2ccc(N3CCOCC3)c(NC(=O)Nc3ccccc3F)c2)cc1. The number of halogens is 1. The second kappa shape index (κ2) is 10.8. The number of para-hydroxylation sites is 1. The van der Waals surface area contributed by atoms with Gasteiger partial charge in [0.2, 0.25) is 0 Å². The fraction of sp³-hybridized carbons (Fsp3) is 0.231. The van der Waals surface area contributed by atoms with Gasteiger partial charge in [-0.05, 0) is 42.8 Å². The number of hydrogen-bond donors (Lipinski definition) is 3. The first-order valence-electron chi connectivity index (χ1n) is 11.1. The Labute approximate surface area is 197 Å². The van der Waals surface area contributed by atoms with Crippen molar-refractivity contribution in [2.24, 2.45) is 0 Å². The molecule has 3 aromatic rings. The molecule has 4 rings (SSSR count). The summed E-state index contributed by atoms with van der Waals surface area (Å²) in [5, 5.41) is 8.21. The normalized spacial score (nSPS) is 13.3. The molecular weight excluding hydrogens is 435 g/mol. The number of urea groups is 1. The summed E-state index contributed by atoms with van der Waals surface area (Å²) in [4.78, 5) is 27.6. The molecule has 7 nitrogen and oxygen atoms in total. The molecule has 8 heteroatoms. The van der Waals surface area contributed by atoms with Crippen LogP contribution < -0.4 is 20.9 Å². The Balaban J connectivity index is 1.52. The molecule has 0 spiro atoms. The maximum absolute atomic E-state index is 14.0. The number of benzene rings is 3. The van der Waals surface area contributed by atoms with Crippen molar-refractivity contribution in [1.29, 1.82) is 0 Å². The lowest BCUT2D eigenvalue weighted by atomic mass is 10.1. The smallest absolute Gasteiger partial charge is 0.323 e. The lowest BCUT2D eigenvalue weighted by Gasteiger charge is -2.30. The van der Waals surface area contributed by atoms with Crippen molar-refractivity contribution in [3.8, 4) is 0 Å². The second-order valence-electron chi connectivity index (χ2n) is 8.06. The predicted octanol–water partition coefficient (Wildman–Crippen LogP) is 4.54. The van der Waals surface area contributed by atoms with E-state index in [4.69, 9.17) is 4.74 Å². The van der Waals surface area contributed by atoms with Crippen LogP contribution in [-0.2, 0) is 11.3 Å². The van der Waals surface area contributed by atoms with Crippen LogP contribution in [0, 0.1) is 12.7 Å². The predicted molar refractivity (Wildman–Crippen MR) is 131 cm³/mol. The van der Waals surface area contributed by atoms with Gasteiger partial charge in [-0.15, -0.1) is 0 Å². The molecule has 176 valence electrons. The number of hydrogen-bond acceptors (Lipinski definition) is 4. The van der Waals surface area contributed by atoms with E-state index >= 15 is 0 Å². The molecule has 1 saturated heterocycles. The largest absolute Gasteiger partial charge is 0.378 e. The molecule has 0 saturated carbocycles. The Morgan fingerprint density at radius 2 is 1.65 bits per heavy atom. The van der Waals surface area contributed by atoms with Crippen molar-refractivity contribution in [2.45, 2.75) is 13.5 Å². The van der Waals surface area contributed by atoms with Gasteiger partial charge in [-0.3, -0.25) is 4.79 Å². The number of aryl methyl sites for hydroxylation is 1. The number of ether oxygens (including phenoxy) is 1. The Hall–Kier alpha value is -3.91. The van der Waals surface area contributed by atoms with Crippen molar-refractivity contribution < 1.29 is 18.7 Å². The molecule has 3 aromatic carbocycles. The number of morpholine rings is 1. The van der Waals surface area contributed by atoms with Gasteiger partial charge in [-0.2, -0.15) is 0 Å². The zero-order valence-electron chi connectivity index (χ0n) is 18.9. The van der Waals surface area contributed by atoms with Crippen LogP contribution in [0.5, 0.6) is 0 Å². The summed E-state index contributed by atoms with van der Waals surface area (Å²) in [6.45, 7) is 4.85. The minimum Gasteiger partial charge on any atom is -0.378 e. The van der Waals surface area contributed by atoms with Crippen molar-refractivity contribution in [1.82, 2.24) is 5.32 Å². The highest BCUT2D eigenvalue weighted by molar-refractivity contribution is 6.04. The first-order chi connectivity index (χ1) is 16.5. The summed E-state index contributed by atoms with van der Waals surface area (Å²) in [5.74, 6) is -0.790. The van der Waals surface area contributed by atoms with Crippen LogP contribution in [0.25, 0.3) is 0 Å². The van der Waals surface area contributed by atoms with Crippen molar-refractivity contribution in [3.63, 3.8) is 0 Å². The van der Waals surface area contributed by atoms with Crippen molar-refractivity contribution in [3.05, 3.63) is 89.2 Å². The van der Waals surface area contributed by atoms with E-state index in [1.807, 2.05) is 37.3 Å². The minimum absolute atomic E-state index is 0.0694. The Kier molecular flexibility index (Phi) is 7.39. The molecule has 0 radical (unpaired) electrons. The van der Waals surface area contributed by atoms with Gasteiger partial charge >= 0.3 is 6.03 Å². The van der Waals surface area contributed by atoms with Gasteiger partial charge in [-0.1, -0.05) is 42.0 Å². The fourth-order valence-electron chi connectivity index (χ4n) is 3.69. The van der Waals surface area contributed by atoms with E-state index in [1.54, 1.807) is 24.3 Å². The molecule has 34 heavy (non-hydrogen) atoms. The Morgan fingerprint density at radius 3 is 2.38 bits per heavy atom. The van der Waals surface area contributed by atoms with Crippen LogP contribution in [0.3, 0.4) is 0 Å². The summed E-state index contributed by atoms with van der Waals surface area (Å²) in [6.07, 6.45) is 0. The highest BCUT2D eigenvalue weighted by Crippen LogP contribution is 2.28. The summed E-state index contributed by atoms with van der Waals surface area (Å²) in [5.41, 5.74) is 3.84. The standard InChI is InChI=1S/C26H27FN4O3/c1-18-6-8-19(9-7-18)17-28-25(32)20-10-11-24(31-12-14-34-15-13-31)23(16-20)30-26(33)29-22-5-3-2-4-21(22)27/h2-11,16H,12-15,17H2,1H3,(H,28,32)(H2,29,30,33). The van der Waals surface area contributed by atoms with E-state index < -0.39 is 11.8 Å². The summed E-state index contributed by atoms with van der Waals surface area (Å²) in [6, 6.07) is 18.4. The Bertz CT molecular complexity index is 1160. The molecule has 1 aliphatic heterocycles. The lowest BCUT2D eigenvalue weighted by molar-refractivity contribution is 0.0951. The molecule has 1 fully saturated rings. The monoisotopic (exact) mass is 462 g/mol. The number of nitrogens with zero attached hydrogens (tertiary/aromatic N) is 1. The highest BCUT2D eigenvalue weighted by atomic mass is 19.1. The lowest BCUT2D eigenvalue weighted by Crippen LogP contribution is -2.37. The van der Waals surface area contributed by atoms with Crippen LogP contribution in [0.1, 0.15) is 21.5 Å². The molecule has 0 unspecified atom stereocenters. The first kappa shape index (κ1) is 23.3. The van der Waals surface area contributed by atoms with Gasteiger partial charge in [0.05, 0.1) is 30.3 Å². The van der Waals surface area contributed by atoms with Crippen molar-refractivity contribution >= 4 is 29.0 Å². The van der Waals surface area contributed by atoms with E-state index in [-0.39, 0.29) is 11.6 Å². The van der Waals surface area contributed by atoms with Gasteiger partial charge in [0.25, 0.3) is 5.91 Å². The number of anilines is 3. The zero-order chi connectivity index (χ0) is 23.9. The average Bonchev–Trinajstić information content (AvgIpc) is 2.85. The second-order valence-corrected chi connectivity index (χ2v) is 8.06. The van der Waals surface area contributed by atoms with Gasteiger partial charge in [0.1, 0.15) is 5.82 Å². The molecule has 3 amide bonds. The Morgan fingerprint density at radius 1 is 0.941 bits per heavy atom. The quantitative estimate of drug-likeness (QED) is 0.502. The minimum atomic E-state index is -0.600. The number of amides is 3. The van der Waals surface area contributed by atoms with Crippen molar-refractivity contribution in [2.75, 3.05) is 41.8 Å². The van der Waals surface area contributed by atoms with Crippen LogP contribution >= 0.6 is 0 Å². The number of carbonyl (C=O) groups excluding carboxylic acids is 2. The number of rotatable bonds is 6. The number of carbonyl (C=O) groups is 2. The van der Waals surface area contributed by atoms with Gasteiger partial charge in [0, 0.05) is 25.2 Å². The summed E-state index contributed by atoms with van der Waals surface area (Å²) < 4.78 is 19.4. The first-order valence-corrected chi connectivity index (χ1v) is 11.1. The topological polar surface area (TPSA) is 82.7 Å². The maximum atomic E-state index is 14.0. The van der Waals surface area contributed by atoms with E-state index in [2.05, 4.69) is 20.9 Å². The van der Waals surface area contributed by atoms with Crippen LogP contribution in [0.2, 0.25) is 0 Å². The van der Waals surface area contributed by atoms with E-state index in [1.165, 1.54) is 12.1 Å². The molecule has 0 atom stereocenters. The fourth-order valence-corrected chi connectivity index (χ4v) is 3.69. The van der Waals surface area contributed by atoms with E-state index in [0.717, 1.165) is 16.8 Å². The van der Waals surface area contributed by atoms with Gasteiger partial charge in [0.15, 0.2) is 0 Å². The molecule has 0 aromatic heterocycles. The van der Waals surface area contributed by atoms with E-state index in [9.17, 15) is 14.0 Å². The van der Waals surface area contributed by atoms with Crippen LogP contribution in [0.4, 0.5) is 26.2 Å². The zero-order valence-corrected chi connectivity index (χ0v) is 18.9. The van der Waals surface area contributed by atoms with Crippen LogP contribution in [-0.4, -0.2) is 38.2 Å². The van der Waals surface area contributed by atoms with Gasteiger partial charge in [-0.25, -0.2) is 9.18 Å². The molecule has 0 bridgehead atoms. The molecule has 3 N–H and O–H groups in total. The van der Waals surface area contributed by atoms with E-state index in [0.29, 0.717) is 44.1 Å². The third-order valence-electron chi connectivity index (χ3n) is 5.55. The maximum Gasteiger partial charge on any atom is 0.323 e. The van der Waals surface area contributed by atoms with Gasteiger partial charge < -0.3 is 25.6 Å². The molecule has 1 heterocycles. The molecular formula is C26H27FN4O3. The molecule has 1 aliphatic rings. The summed E-state index contributed by atoms with van der Waals surface area (Å²) in [7, 11) is 0. The average molecular weight is 463 g/mol. The third kappa shape index (κ3) is 5.90.